The summed E-state index contributed by atoms with van der Waals surface area (Å²) in [7, 11) is 0. The lowest BCUT2D eigenvalue weighted by Gasteiger charge is -2.59. The molecule has 1 aromatic rings. The molecule has 1 heterocycles. The molecule has 6 atom stereocenters. The number of thioether (sulfide) groups is 1. The predicted octanol–water partition coefficient (Wildman–Crippen LogP) is 4.47. The fourth-order valence-electron chi connectivity index (χ4n) is 6.27. The molecule has 6 nitrogen and oxygen atoms in total. The van der Waals surface area contributed by atoms with Crippen molar-refractivity contribution in [2.45, 2.75) is 63.1 Å². The average molecular weight is 434 g/mol. The summed E-state index contributed by atoms with van der Waals surface area (Å²) in [6, 6.07) is 7.63. The highest BCUT2D eigenvalue weighted by molar-refractivity contribution is 7.98. The molecule has 1 aromatic carbocycles. The summed E-state index contributed by atoms with van der Waals surface area (Å²) >= 11 is 1.61. The first kappa shape index (κ1) is 21.5. The molecule has 1 amide bonds. The van der Waals surface area contributed by atoms with Crippen molar-refractivity contribution in [3.8, 4) is 0 Å². The first-order chi connectivity index (χ1) is 14.3. The molecule has 7 heteroatoms. The third kappa shape index (κ3) is 3.60. The van der Waals surface area contributed by atoms with Gasteiger partial charge in [0.2, 0.25) is 0 Å². The molecule has 2 aliphatic carbocycles. The molecule has 4 rings (SSSR count). The Kier molecular flexibility index (Phi) is 5.79. The minimum atomic E-state index is -0.554. The van der Waals surface area contributed by atoms with E-state index in [-0.39, 0.29) is 42.0 Å². The quantitative estimate of drug-likeness (QED) is 0.538. The van der Waals surface area contributed by atoms with Crippen LogP contribution in [0.1, 0.15) is 46.0 Å². The van der Waals surface area contributed by atoms with Gasteiger partial charge in [0.1, 0.15) is 12.2 Å². The van der Waals surface area contributed by atoms with Crippen LogP contribution in [0.15, 0.2) is 29.2 Å². The van der Waals surface area contributed by atoms with E-state index in [2.05, 4.69) is 12.2 Å². The van der Waals surface area contributed by atoms with Crippen LogP contribution in [-0.4, -0.2) is 42.2 Å². The lowest BCUT2D eigenvalue weighted by atomic mass is 9.46. The molecule has 2 N–H and O–H groups in total. The molecule has 1 saturated heterocycles. The second kappa shape index (κ2) is 8.08. The van der Waals surface area contributed by atoms with E-state index in [0.29, 0.717) is 18.5 Å². The van der Waals surface area contributed by atoms with Crippen molar-refractivity contribution in [3.63, 3.8) is 0 Å². The maximum Gasteiger partial charge on any atom is 0.411 e. The fraction of sp³-hybridized carbons (Fsp3) is 0.652. The normalized spacial score (nSPS) is 37.7. The van der Waals surface area contributed by atoms with Gasteiger partial charge in [-0.05, 0) is 61.5 Å². The second-order valence-electron chi connectivity index (χ2n) is 9.43. The Morgan fingerprint density at radius 2 is 2.13 bits per heavy atom. The van der Waals surface area contributed by atoms with Gasteiger partial charge in [-0.1, -0.05) is 19.9 Å². The Labute approximate surface area is 182 Å². The van der Waals surface area contributed by atoms with Crippen molar-refractivity contribution < 1.29 is 24.2 Å². The van der Waals surface area contributed by atoms with Crippen LogP contribution in [0.2, 0.25) is 0 Å². The second-order valence-corrected chi connectivity index (χ2v) is 10.3. The minimum Gasteiger partial charge on any atom is -0.462 e. The van der Waals surface area contributed by atoms with Crippen LogP contribution in [0.5, 0.6) is 0 Å². The standard InChI is InChI=1S/C23H31NO5S/c1-22-10-9-19(29-21(27)24-14-5-4-6-15(11-14)30-3)23(2,13-25)18(22)8-7-17-16(22)12-20(26)28-17/h4-6,11,16-19,25H,7-10,12-13H2,1-3H3,(H,24,27)/t16-,17-,18-,19-,22+,23+/m1/s1. The molecule has 164 valence electrons. The van der Waals surface area contributed by atoms with Gasteiger partial charge in [0.05, 0.1) is 13.0 Å². The number of benzene rings is 1. The lowest BCUT2D eigenvalue weighted by Crippen LogP contribution is -2.59. The number of carbonyl (C=O) groups is 2. The third-order valence-corrected chi connectivity index (χ3v) is 8.61. The van der Waals surface area contributed by atoms with E-state index >= 15 is 0 Å². The molecule has 0 aromatic heterocycles. The Balaban J connectivity index is 1.50. The topological polar surface area (TPSA) is 84.9 Å². The Hall–Kier alpha value is -1.73. The molecule has 0 unspecified atom stereocenters. The van der Waals surface area contributed by atoms with Gasteiger partial charge in [-0.25, -0.2) is 4.79 Å². The SMILES string of the molecule is CSc1cccc(NC(=O)O[C@@H]2CC[C@]3(C)[C@@H](CC[C@H]4OC(=O)C[C@H]43)[C@]2(C)CO)c1. The largest absolute Gasteiger partial charge is 0.462 e. The molecule has 2 saturated carbocycles. The monoisotopic (exact) mass is 433 g/mol. The van der Waals surface area contributed by atoms with E-state index in [1.807, 2.05) is 37.4 Å². The summed E-state index contributed by atoms with van der Waals surface area (Å²) in [5.74, 6) is 0.235. The van der Waals surface area contributed by atoms with Gasteiger partial charge in [-0.3, -0.25) is 10.1 Å². The number of carbonyl (C=O) groups excluding carboxylic acids is 2. The Morgan fingerprint density at radius 1 is 1.33 bits per heavy atom. The molecular formula is C23H31NO5S. The minimum absolute atomic E-state index is 0.00817. The van der Waals surface area contributed by atoms with Crippen LogP contribution in [-0.2, 0) is 14.3 Å². The first-order valence-corrected chi connectivity index (χ1v) is 11.9. The van der Waals surface area contributed by atoms with E-state index in [0.717, 1.165) is 24.2 Å². The number of hydrogen-bond acceptors (Lipinski definition) is 6. The van der Waals surface area contributed by atoms with Crippen LogP contribution >= 0.6 is 11.8 Å². The lowest BCUT2D eigenvalue weighted by molar-refractivity contribution is -0.174. The number of amides is 1. The molecule has 3 fully saturated rings. The summed E-state index contributed by atoms with van der Waals surface area (Å²) in [5.41, 5.74) is 0.0396. The average Bonchev–Trinajstić information content (AvgIpc) is 3.12. The van der Waals surface area contributed by atoms with Gasteiger partial charge in [0.15, 0.2) is 0 Å². The zero-order valence-electron chi connectivity index (χ0n) is 17.8. The fourth-order valence-corrected chi connectivity index (χ4v) is 6.73. The molecule has 0 radical (unpaired) electrons. The highest BCUT2D eigenvalue weighted by atomic mass is 32.2. The van der Waals surface area contributed by atoms with Crippen LogP contribution in [0, 0.1) is 22.7 Å². The van der Waals surface area contributed by atoms with E-state index < -0.39 is 11.5 Å². The molecule has 0 spiro atoms. The number of rotatable bonds is 4. The number of aliphatic hydroxyl groups excluding tert-OH is 1. The van der Waals surface area contributed by atoms with Gasteiger partial charge in [-0.15, -0.1) is 11.8 Å². The maximum atomic E-state index is 12.7. The number of ether oxygens (including phenoxy) is 2. The number of hydrogen-bond donors (Lipinski definition) is 2. The molecular weight excluding hydrogens is 402 g/mol. The summed E-state index contributed by atoms with van der Waals surface area (Å²) in [6.07, 6.45) is 4.76. The third-order valence-electron chi connectivity index (χ3n) is 7.88. The van der Waals surface area contributed by atoms with Gasteiger partial charge >= 0.3 is 12.1 Å². The van der Waals surface area contributed by atoms with Gasteiger partial charge < -0.3 is 14.6 Å². The Morgan fingerprint density at radius 3 is 2.87 bits per heavy atom. The summed E-state index contributed by atoms with van der Waals surface area (Å²) < 4.78 is 11.4. The van der Waals surface area contributed by atoms with E-state index in [1.165, 1.54) is 0 Å². The summed E-state index contributed by atoms with van der Waals surface area (Å²) in [4.78, 5) is 25.7. The van der Waals surface area contributed by atoms with Gasteiger partial charge in [0.25, 0.3) is 0 Å². The van der Waals surface area contributed by atoms with Crippen molar-refractivity contribution in [1.29, 1.82) is 0 Å². The summed E-state index contributed by atoms with van der Waals surface area (Å²) in [6.45, 7) is 4.20. The van der Waals surface area contributed by atoms with Gasteiger partial charge in [-0.2, -0.15) is 0 Å². The smallest absolute Gasteiger partial charge is 0.411 e. The van der Waals surface area contributed by atoms with Crippen molar-refractivity contribution in [1.82, 2.24) is 0 Å². The number of aliphatic hydroxyl groups is 1. The number of fused-ring (bicyclic) bond motifs is 3. The zero-order valence-corrected chi connectivity index (χ0v) is 18.7. The van der Waals surface area contributed by atoms with Crippen molar-refractivity contribution in [3.05, 3.63) is 24.3 Å². The molecule has 1 aliphatic heterocycles. The maximum absolute atomic E-state index is 12.7. The first-order valence-electron chi connectivity index (χ1n) is 10.7. The van der Waals surface area contributed by atoms with Crippen LogP contribution in [0.4, 0.5) is 10.5 Å². The molecule has 3 aliphatic rings. The van der Waals surface area contributed by atoms with E-state index in [1.54, 1.807) is 11.8 Å². The summed E-state index contributed by atoms with van der Waals surface area (Å²) in [5, 5.41) is 13.3. The van der Waals surface area contributed by atoms with E-state index in [9.17, 15) is 14.7 Å². The zero-order chi connectivity index (χ0) is 21.5. The number of anilines is 1. The van der Waals surface area contributed by atoms with Crippen molar-refractivity contribution in [2.75, 3.05) is 18.2 Å². The molecule has 30 heavy (non-hydrogen) atoms. The van der Waals surface area contributed by atoms with Crippen molar-refractivity contribution in [2.24, 2.45) is 22.7 Å². The van der Waals surface area contributed by atoms with Crippen LogP contribution < -0.4 is 5.32 Å². The highest BCUT2D eigenvalue weighted by Gasteiger charge is 2.62. The van der Waals surface area contributed by atoms with Crippen LogP contribution in [0.3, 0.4) is 0 Å². The van der Waals surface area contributed by atoms with E-state index in [4.69, 9.17) is 9.47 Å². The molecule has 0 bridgehead atoms. The Bertz CT molecular complexity index is 832. The van der Waals surface area contributed by atoms with Crippen LogP contribution in [0.25, 0.3) is 0 Å². The highest BCUT2D eigenvalue weighted by Crippen LogP contribution is 2.62. The predicted molar refractivity (Wildman–Crippen MR) is 115 cm³/mol. The number of nitrogens with one attached hydrogen (secondary N) is 1. The van der Waals surface area contributed by atoms with Crippen molar-refractivity contribution >= 4 is 29.5 Å². The van der Waals surface area contributed by atoms with Gasteiger partial charge in [0, 0.05) is 21.9 Å². The number of esters is 1.